The molecule has 1 heterocycles. The number of carbonyl (C=O) groups excluding carboxylic acids is 1. The van der Waals surface area contributed by atoms with Gasteiger partial charge in [0.25, 0.3) is 5.91 Å². The molecule has 9 heteroatoms. The summed E-state index contributed by atoms with van der Waals surface area (Å²) < 4.78 is 35.7. The molecule has 0 saturated carbocycles. The SMILES string of the molecule is C=CCN(CC=C)S(=O)(=O)c1ccc(C(=O)N=c2sc3cc(C)cc(C)c3n2CCOCC)cc1. The van der Waals surface area contributed by atoms with E-state index in [1.807, 2.05) is 25.3 Å². The van der Waals surface area contributed by atoms with E-state index in [2.05, 4.69) is 30.3 Å². The fourth-order valence-electron chi connectivity index (χ4n) is 3.81. The number of fused-ring (bicyclic) bond motifs is 1. The lowest BCUT2D eigenvalue weighted by molar-refractivity contribution is 0.0996. The van der Waals surface area contributed by atoms with Gasteiger partial charge in [0.05, 0.1) is 21.7 Å². The summed E-state index contributed by atoms with van der Waals surface area (Å²) in [4.78, 5) is 18.1. The molecule has 0 unspecified atom stereocenters. The highest BCUT2D eigenvalue weighted by atomic mass is 32.2. The van der Waals surface area contributed by atoms with E-state index >= 15 is 0 Å². The van der Waals surface area contributed by atoms with E-state index in [4.69, 9.17) is 4.74 Å². The Morgan fingerprint density at radius 2 is 1.80 bits per heavy atom. The average molecular weight is 514 g/mol. The van der Waals surface area contributed by atoms with Crippen molar-refractivity contribution in [3.8, 4) is 0 Å². The van der Waals surface area contributed by atoms with Crippen molar-refractivity contribution in [1.29, 1.82) is 0 Å². The molecule has 0 spiro atoms. The maximum atomic E-state index is 13.0. The second kappa shape index (κ2) is 11.7. The predicted molar refractivity (Wildman–Crippen MR) is 141 cm³/mol. The molecule has 0 atom stereocenters. The Labute approximate surface area is 210 Å². The first-order valence-electron chi connectivity index (χ1n) is 11.3. The normalized spacial score (nSPS) is 12.4. The second-order valence-electron chi connectivity index (χ2n) is 8.00. The minimum Gasteiger partial charge on any atom is -0.380 e. The number of aryl methyl sites for hydroxylation is 2. The smallest absolute Gasteiger partial charge is 0.279 e. The summed E-state index contributed by atoms with van der Waals surface area (Å²) >= 11 is 1.45. The van der Waals surface area contributed by atoms with E-state index in [0.29, 0.717) is 30.1 Å². The highest BCUT2D eigenvalue weighted by Gasteiger charge is 2.22. The summed E-state index contributed by atoms with van der Waals surface area (Å²) in [6, 6.07) is 10.0. The predicted octanol–water partition coefficient (Wildman–Crippen LogP) is 4.46. The van der Waals surface area contributed by atoms with Crippen molar-refractivity contribution in [1.82, 2.24) is 8.87 Å². The third kappa shape index (κ3) is 6.05. The quantitative estimate of drug-likeness (QED) is 0.280. The third-order valence-electron chi connectivity index (χ3n) is 5.38. The van der Waals surface area contributed by atoms with Crippen LogP contribution in [-0.4, -0.2) is 49.5 Å². The number of ether oxygens (including phenoxy) is 1. The first-order chi connectivity index (χ1) is 16.7. The first-order valence-corrected chi connectivity index (χ1v) is 13.6. The summed E-state index contributed by atoms with van der Waals surface area (Å²) in [5.74, 6) is -0.436. The van der Waals surface area contributed by atoms with Crippen molar-refractivity contribution in [3.05, 3.63) is 83.2 Å². The molecular formula is C26H31N3O4S2. The van der Waals surface area contributed by atoms with Crippen LogP contribution in [0.5, 0.6) is 0 Å². The van der Waals surface area contributed by atoms with Crippen molar-refractivity contribution in [3.63, 3.8) is 0 Å². The standard InChI is InChI=1S/C26H31N3O4S2/c1-6-13-28(14-7-2)35(31,32)22-11-9-21(10-12-22)25(30)27-26-29(15-16-33-8-3)24-20(5)17-19(4)18-23(24)34-26/h6-7,9-12,17-18H,1-2,8,13-16H2,3-5H3. The summed E-state index contributed by atoms with van der Waals surface area (Å²) in [5.41, 5.74) is 3.60. The summed E-state index contributed by atoms with van der Waals surface area (Å²) in [6.07, 6.45) is 3.04. The molecule has 35 heavy (non-hydrogen) atoms. The van der Waals surface area contributed by atoms with Crippen LogP contribution in [0.15, 0.2) is 71.6 Å². The molecule has 0 aliphatic carbocycles. The van der Waals surface area contributed by atoms with Gasteiger partial charge in [-0.2, -0.15) is 9.30 Å². The van der Waals surface area contributed by atoms with Crippen LogP contribution in [0.25, 0.3) is 10.2 Å². The molecule has 0 aliphatic heterocycles. The lowest BCUT2D eigenvalue weighted by Gasteiger charge is -2.19. The van der Waals surface area contributed by atoms with Gasteiger partial charge in [-0.25, -0.2) is 8.42 Å². The van der Waals surface area contributed by atoms with E-state index < -0.39 is 15.9 Å². The summed E-state index contributed by atoms with van der Waals surface area (Å²) in [6.45, 7) is 15.3. The Balaban J connectivity index is 1.99. The van der Waals surface area contributed by atoms with Crippen LogP contribution in [0.3, 0.4) is 0 Å². The second-order valence-corrected chi connectivity index (χ2v) is 10.9. The van der Waals surface area contributed by atoms with E-state index in [0.717, 1.165) is 21.3 Å². The lowest BCUT2D eigenvalue weighted by Crippen LogP contribution is -2.31. The molecule has 2 aromatic carbocycles. The molecule has 0 bridgehead atoms. The van der Waals surface area contributed by atoms with Gasteiger partial charge >= 0.3 is 0 Å². The molecule has 0 N–H and O–H groups in total. The van der Waals surface area contributed by atoms with Gasteiger partial charge in [0.2, 0.25) is 10.0 Å². The largest absolute Gasteiger partial charge is 0.380 e. The van der Waals surface area contributed by atoms with Gasteiger partial charge in [0, 0.05) is 31.8 Å². The van der Waals surface area contributed by atoms with Gasteiger partial charge in [0.1, 0.15) is 0 Å². The molecule has 1 aromatic heterocycles. The molecule has 1 amide bonds. The molecule has 0 radical (unpaired) electrons. The van der Waals surface area contributed by atoms with Crippen LogP contribution in [0, 0.1) is 13.8 Å². The van der Waals surface area contributed by atoms with E-state index in [1.54, 1.807) is 0 Å². The molecule has 0 saturated heterocycles. The number of nitrogens with zero attached hydrogens (tertiary/aromatic N) is 3. The Bertz CT molecular complexity index is 1390. The van der Waals surface area contributed by atoms with Crippen LogP contribution in [0.4, 0.5) is 0 Å². The Morgan fingerprint density at radius 3 is 2.40 bits per heavy atom. The number of rotatable bonds is 11. The fourth-order valence-corrected chi connectivity index (χ4v) is 6.43. The van der Waals surface area contributed by atoms with Gasteiger partial charge < -0.3 is 9.30 Å². The number of hydrogen-bond donors (Lipinski definition) is 0. The van der Waals surface area contributed by atoms with E-state index in [-0.39, 0.29) is 18.0 Å². The lowest BCUT2D eigenvalue weighted by atomic mass is 10.1. The molecule has 3 rings (SSSR count). The van der Waals surface area contributed by atoms with Crippen LogP contribution in [-0.2, 0) is 21.3 Å². The zero-order valence-electron chi connectivity index (χ0n) is 20.4. The van der Waals surface area contributed by atoms with Crippen molar-refractivity contribution in [2.24, 2.45) is 4.99 Å². The Kier molecular flexibility index (Phi) is 8.96. The molecule has 7 nitrogen and oxygen atoms in total. The monoisotopic (exact) mass is 513 g/mol. The highest BCUT2D eigenvalue weighted by Crippen LogP contribution is 2.23. The summed E-state index contributed by atoms with van der Waals surface area (Å²) in [5, 5.41) is 0. The maximum Gasteiger partial charge on any atom is 0.279 e. The van der Waals surface area contributed by atoms with Gasteiger partial charge in [0.15, 0.2) is 4.80 Å². The summed E-state index contributed by atoms with van der Waals surface area (Å²) in [7, 11) is -3.74. The van der Waals surface area contributed by atoms with Gasteiger partial charge in [-0.05, 0) is 62.2 Å². The van der Waals surface area contributed by atoms with Gasteiger partial charge in [-0.3, -0.25) is 4.79 Å². The minimum absolute atomic E-state index is 0.0949. The van der Waals surface area contributed by atoms with Crippen molar-refractivity contribution in [2.75, 3.05) is 26.3 Å². The van der Waals surface area contributed by atoms with Gasteiger partial charge in [-0.1, -0.05) is 29.6 Å². The number of carbonyl (C=O) groups is 1. The van der Waals surface area contributed by atoms with Crippen molar-refractivity contribution in [2.45, 2.75) is 32.2 Å². The zero-order chi connectivity index (χ0) is 25.6. The first kappa shape index (κ1) is 26.7. The third-order valence-corrected chi connectivity index (χ3v) is 8.25. The van der Waals surface area contributed by atoms with Crippen molar-refractivity contribution < 1.29 is 17.9 Å². The van der Waals surface area contributed by atoms with Crippen LogP contribution in [0.2, 0.25) is 0 Å². The van der Waals surface area contributed by atoms with Crippen molar-refractivity contribution >= 4 is 37.5 Å². The Hall–Kier alpha value is -2.85. The molecule has 0 aliphatic rings. The van der Waals surface area contributed by atoms with E-state index in [1.165, 1.54) is 52.1 Å². The Morgan fingerprint density at radius 1 is 1.14 bits per heavy atom. The van der Waals surface area contributed by atoms with E-state index in [9.17, 15) is 13.2 Å². The fraction of sp³-hybridized carbons (Fsp3) is 0.308. The van der Waals surface area contributed by atoms with Crippen LogP contribution in [0.1, 0.15) is 28.4 Å². The van der Waals surface area contributed by atoms with Crippen LogP contribution < -0.4 is 4.80 Å². The number of amides is 1. The number of hydrogen-bond acceptors (Lipinski definition) is 5. The molecule has 186 valence electrons. The molecule has 3 aromatic rings. The topological polar surface area (TPSA) is 81.0 Å². The molecular weight excluding hydrogens is 482 g/mol. The molecule has 0 fully saturated rings. The highest BCUT2D eigenvalue weighted by molar-refractivity contribution is 7.89. The van der Waals surface area contributed by atoms with Gasteiger partial charge in [-0.15, -0.1) is 13.2 Å². The number of thiazole rings is 1. The van der Waals surface area contributed by atoms with Crippen LogP contribution >= 0.6 is 11.3 Å². The number of sulfonamides is 1. The number of aromatic nitrogens is 1. The minimum atomic E-state index is -3.74. The maximum absolute atomic E-state index is 13.0. The number of benzene rings is 2. The average Bonchev–Trinajstić information content (AvgIpc) is 3.16. The zero-order valence-corrected chi connectivity index (χ0v) is 22.0.